The van der Waals surface area contributed by atoms with Crippen LogP contribution in [0, 0.1) is 0 Å². The first-order valence-electron chi connectivity index (χ1n) is 23.7. The third-order valence-electron chi connectivity index (χ3n) is 10.9. The lowest BCUT2D eigenvalue weighted by atomic mass is 10.1. The smallest absolute Gasteiger partial charge is 0.317 e. The molecule has 0 aliphatic carbocycles. The molecule has 0 aliphatic rings. The van der Waals surface area contributed by atoms with Gasteiger partial charge in [0.2, 0.25) is 11.8 Å². The highest BCUT2D eigenvalue weighted by Crippen LogP contribution is 2.05. The third-order valence-corrected chi connectivity index (χ3v) is 10.9. The van der Waals surface area contributed by atoms with Crippen molar-refractivity contribution >= 4 is 53.4 Å². The Labute approximate surface area is 430 Å². The van der Waals surface area contributed by atoms with Gasteiger partial charge >= 0.3 is 17.9 Å². The van der Waals surface area contributed by atoms with Gasteiger partial charge in [0, 0.05) is 105 Å². The Kier molecular flexibility index (Phi) is 36.3. The van der Waals surface area contributed by atoms with Crippen LogP contribution in [0.5, 0.6) is 0 Å². The summed E-state index contributed by atoms with van der Waals surface area (Å²) in [4.78, 5) is 118. The van der Waals surface area contributed by atoms with Crippen molar-refractivity contribution in [2.24, 2.45) is 0 Å². The molecule has 0 unspecified atom stereocenters. The second kappa shape index (κ2) is 39.1. The highest BCUT2D eigenvalue weighted by molar-refractivity contribution is 5.84. The van der Waals surface area contributed by atoms with E-state index in [9.17, 15) is 99.3 Å². The van der Waals surface area contributed by atoms with E-state index in [4.69, 9.17) is 20.4 Å². The number of carboxylic acids is 3. The Bertz CT molecular complexity index is 1570. The highest BCUT2D eigenvalue weighted by Gasteiger charge is 2.29. The molecule has 0 spiro atoms. The van der Waals surface area contributed by atoms with E-state index in [2.05, 4.69) is 21.3 Å². The van der Waals surface area contributed by atoms with Gasteiger partial charge in [0.25, 0.3) is 23.6 Å². The summed E-state index contributed by atoms with van der Waals surface area (Å²) < 4.78 is 0. The molecule has 0 aromatic carbocycles. The van der Waals surface area contributed by atoms with E-state index >= 15 is 0 Å². The predicted octanol–water partition coefficient (Wildman–Crippen LogP) is -12.3. The van der Waals surface area contributed by atoms with Crippen molar-refractivity contribution in [2.45, 2.75) is 74.5 Å². The lowest BCUT2D eigenvalue weighted by molar-refractivity contribution is -0.142. The fourth-order valence-electron chi connectivity index (χ4n) is 6.68. The van der Waals surface area contributed by atoms with E-state index in [-0.39, 0.29) is 104 Å². The number of carbonyl (C=O) groups is 9. The third kappa shape index (κ3) is 30.1. The molecule has 75 heavy (non-hydrogen) atoms. The molecule has 6 amide bonds. The number of aliphatic hydroxyl groups is 12. The Morgan fingerprint density at radius 2 is 0.533 bits per heavy atom. The van der Waals surface area contributed by atoms with E-state index in [1.165, 1.54) is 4.90 Å². The molecule has 19 N–H and O–H groups in total. The van der Waals surface area contributed by atoms with Crippen molar-refractivity contribution in [3.05, 3.63) is 0 Å². The number of nitrogens with zero attached hydrogens (tertiary/aromatic N) is 5. The zero-order chi connectivity index (χ0) is 57.2. The molecule has 0 rings (SSSR count). The molecule has 0 heterocycles. The Balaban J connectivity index is 6.33. The summed E-state index contributed by atoms with van der Waals surface area (Å²) in [6.07, 6.45) is -15.9. The van der Waals surface area contributed by atoms with Crippen LogP contribution >= 0.6 is 0 Å². The number of aliphatic carboxylic acids is 3. The van der Waals surface area contributed by atoms with Crippen molar-refractivity contribution in [1.29, 1.82) is 0 Å². The topological polar surface area (TPSA) is 521 Å². The average molecular weight is 1090 g/mol. The molecule has 0 radical (unpaired) electrons. The quantitative estimate of drug-likeness (QED) is 0.0269. The van der Waals surface area contributed by atoms with E-state index < -0.39 is 161 Å². The number of amides is 6. The lowest BCUT2D eigenvalue weighted by Gasteiger charge is -2.31. The van der Waals surface area contributed by atoms with Crippen LogP contribution in [-0.2, 0) is 43.2 Å². The molecular weight excluding hydrogens is 1010 g/mol. The summed E-state index contributed by atoms with van der Waals surface area (Å²) in [5, 5.41) is 154. The Morgan fingerprint density at radius 1 is 0.320 bits per heavy atom. The number of hydrogen-bond acceptors (Lipinski definition) is 24. The van der Waals surface area contributed by atoms with Gasteiger partial charge in [0.05, 0.1) is 57.1 Å². The van der Waals surface area contributed by atoms with Gasteiger partial charge in [0.1, 0.15) is 0 Å². The second-order valence-corrected chi connectivity index (χ2v) is 16.9. The number of nitrogens with one attached hydrogen (secondary N) is 4. The van der Waals surface area contributed by atoms with Crippen LogP contribution in [0.4, 0.5) is 0 Å². The monoisotopic (exact) mass is 1090 g/mol. The largest absolute Gasteiger partial charge is 0.480 e. The van der Waals surface area contributed by atoms with Gasteiger partial charge in [-0.3, -0.25) is 57.9 Å². The van der Waals surface area contributed by atoms with Crippen LogP contribution in [0.15, 0.2) is 0 Å². The summed E-state index contributed by atoms with van der Waals surface area (Å²) >= 11 is 0. The zero-order valence-electron chi connectivity index (χ0n) is 41.4. The van der Waals surface area contributed by atoms with Gasteiger partial charge in [-0.05, 0) is 25.7 Å². The van der Waals surface area contributed by atoms with Crippen molar-refractivity contribution in [3.63, 3.8) is 0 Å². The summed E-state index contributed by atoms with van der Waals surface area (Å²) in [7, 11) is 0. The van der Waals surface area contributed by atoms with Gasteiger partial charge in [-0.15, -0.1) is 0 Å². The summed E-state index contributed by atoms with van der Waals surface area (Å²) in [5.74, 6) is -10.3. The summed E-state index contributed by atoms with van der Waals surface area (Å²) in [5.41, 5.74) is 0. The van der Waals surface area contributed by atoms with Crippen molar-refractivity contribution in [2.75, 3.05) is 138 Å². The van der Waals surface area contributed by atoms with Gasteiger partial charge in [0.15, 0.2) is 24.4 Å². The van der Waals surface area contributed by atoms with Gasteiger partial charge in [-0.2, -0.15) is 0 Å². The van der Waals surface area contributed by atoms with E-state index in [0.717, 1.165) is 19.6 Å². The number of rotatable bonds is 44. The van der Waals surface area contributed by atoms with Crippen LogP contribution in [-0.4, -0.2) is 341 Å². The minimum Gasteiger partial charge on any atom is -0.480 e. The van der Waals surface area contributed by atoms with Gasteiger partial charge in [-0.1, -0.05) is 0 Å². The molecule has 0 aromatic heterocycles. The van der Waals surface area contributed by atoms with Crippen LogP contribution in [0.3, 0.4) is 0 Å². The fourth-order valence-corrected chi connectivity index (χ4v) is 6.68. The average Bonchev–Trinajstić information content (AvgIpc) is 3.34. The van der Waals surface area contributed by atoms with E-state index in [0.29, 0.717) is 0 Å². The Morgan fingerprint density at radius 3 is 0.747 bits per heavy atom. The first-order valence-corrected chi connectivity index (χ1v) is 23.7. The Hall–Kier alpha value is -5.37. The fraction of sp³-hybridized carbons (Fsp3) is 0.786. The molecule has 0 bridgehead atoms. The number of carboxylic acid groups (broad SMARTS) is 3. The number of aliphatic hydroxyl groups excluding tert-OH is 12. The molecule has 0 fully saturated rings. The molecule has 0 aromatic rings. The maximum atomic E-state index is 13.7. The molecule has 434 valence electrons. The van der Waals surface area contributed by atoms with Crippen molar-refractivity contribution in [1.82, 2.24) is 45.8 Å². The maximum absolute atomic E-state index is 13.7. The van der Waals surface area contributed by atoms with Crippen LogP contribution in [0.1, 0.15) is 25.7 Å². The van der Waals surface area contributed by atoms with Crippen LogP contribution in [0.2, 0.25) is 0 Å². The standard InChI is InChI=1S/C42H77N9O24/c52-17-1-26(56)35(68)39(72)43-5-9-50(10-6-44-40(73)36(69)27(57)2-18-53)30(60)21-48(24-33(64)65)15-13-47(23-32(62)63)14-16-49(25-34(66)67)22-31(61)51(11-7-45-41(74)37(70)28(58)3-19-54)12-8-46-42(75)38(71)29(59)4-20-55/h26-29,35-38,52-59,68-71H,1-25H2,(H,43,72)(H,44,73)(H,45,74)(H,46,75)(H,62,63)(H,64,65)(H,66,67)/t26-,27-,28-,29-,35-,36-,37-,38-/m1/s1. The molecule has 33 nitrogen and oxygen atoms in total. The molecule has 0 saturated heterocycles. The van der Waals surface area contributed by atoms with Crippen LogP contribution in [0.25, 0.3) is 0 Å². The molecule has 8 atom stereocenters. The minimum absolute atomic E-state index is 0.292. The normalized spacial score (nSPS) is 14.7. The van der Waals surface area contributed by atoms with E-state index in [1.54, 1.807) is 0 Å². The minimum atomic E-state index is -1.97. The van der Waals surface area contributed by atoms with Gasteiger partial charge in [-0.25, -0.2) is 0 Å². The SMILES string of the molecule is O=C(O)CN(CCN(CC(=O)O)CC(=O)N(CCNC(=O)[C@H](O)[C@H](O)CCO)CCNC(=O)[C@H](O)[C@H](O)CCO)CCN(CC(=O)O)CC(=O)N(CCNC(=O)[C@H](O)[C@H](O)CCO)CCNC(=O)[C@H](O)[C@H](O)CCO. The van der Waals surface area contributed by atoms with Gasteiger partial charge < -0.3 is 108 Å². The molecule has 0 aliphatic heterocycles. The number of carbonyl (C=O) groups excluding carboxylic acids is 6. The molecule has 0 saturated carbocycles. The first kappa shape index (κ1) is 69.6. The van der Waals surface area contributed by atoms with Crippen molar-refractivity contribution in [3.8, 4) is 0 Å². The highest BCUT2D eigenvalue weighted by atomic mass is 16.4. The van der Waals surface area contributed by atoms with Crippen LogP contribution < -0.4 is 21.3 Å². The molecule has 33 heteroatoms. The summed E-state index contributed by atoms with van der Waals surface area (Å²) in [6, 6.07) is 0. The van der Waals surface area contributed by atoms with E-state index in [1.807, 2.05) is 0 Å². The second-order valence-electron chi connectivity index (χ2n) is 16.9. The lowest BCUT2D eigenvalue weighted by Crippen LogP contribution is -2.51. The summed E-state index contributed by atoms with van der Waals surface area (Å²) in [6.45, 7) is -10.2. The van der Waals surface area contributed by atoms with Crippen molar-refractivity contribution < 1.29 is 120 Å². The zero-order valence-corrected chi connectivity index (χ0v) is 41.4. The first-order chi connectivity index (χ1) is 35.3. The molecular formula is C42H77N9O24. The maximum Gasteiger partial charge on any atom is 0.317 e. The predicted molar refractivity (Wildman–Crippen MR) is 252 cm³/mol. The number of hydrogen-bond donors (Lipinski definition) is 19.